The van der Waals surface area contributed by atoms with Gasteiger partial charge in [0.15, 0.2) is 0 Å². The quantitative estimate of drug-likeness (QED) is 0.739. The maximum absolute atomic E-state index is 11.5. The van der Waals surface area contributed by atoms with Crippen LogP contribution in [0.2, 0.25) is 0 Å². The lowest BCUT2D eigenvalue weighted by Crippen LogP contribution is -2.21. The van der Waals surface area contributed by atoms with Crippen LogP contribution < -0.4 is 10.9 Å². The first-order valence-electron chi connectivity index (χ1n) is 5.62. The number of rotatable bonds is 6. The molecule has 0 aliphatic rings. The van der Waals surface area contributed by atoms with Gasteiger partial charge in [-0.25, -0.2) is 4.98 Å². The van der Waals surface area contributed by atoms with Crippen molar-refractivity contribution < 1.29 is 9.15 Å². The average molecular weight is 249 g/mol. The maximum Gasteiger partial charge on any atom is 0.251 e. The SMILES string of the molecule is COCCNCc1cc(=O)[nH]c(-c2ccoc2)n1. The van der Waals surface area contributed by atoms with Crippen LogP contribution in [-0.4, -0.2) is 30.2 Å². The summed E-state index contributed by atoms with van der Waals surface area (Å²) in [5, 5.41) is 3.14. The van der Waals surface area contributed by atoms with E-state index in [1.54, 1.807) is 25.7 Å². The van der Waals surface area contributed by atoms with Gasteiger partial charge in [0.05, 0.1) is 24.1 Å². The molecule has 0 spiro atoms. The van der Waals surface area contributed by atoms with Gasteiger partial charge in [0.25, 0.3) is 5.56 Å². The van der Waals surface area contributed by atoms with Crippen LogP contribution in [0.5, 0.6) is 0 Å². The fraction of sp³-hybridized carbons (Fsp3) is 0.333. The summed E-state index contributed by atoms with van der Waals surface area (Å²) in [5.74, 6) is 0.514. The summed E-state index contributed by atoms with van der Waals surface area (Å²) < 4.78 is 9.89. The summed E-state index contributed by atoms with van der Waals surface area (Å²) in [6.07, 6.45) is 3.08. The van der Waals surface area contributed by atoms with Gasteiger partial charge in [0.1, 0.15) is 12.1 Å². The third-order valence-corrected chi connectivity index (χ3v) is 2.38. The molecule has 0 aromatic carbocycles. The largest absolute Gasteiger partial charge is 0.472 e. The highest BCUT2D eigenvalue weighted by Gasteiger charge is 2.04. The third kappa shape index (κ3) is 3.28. The molecule has 2 heterocycles. The van der Waals surface area contributed by atoms with Crippen LogP contribution in [0.3, 0.4) is 0 Å². The van der Waals surface area contributed by atoms with Crippen molar-refractivity contribution in [3.8, 4) is 11.4 Å². The van der Waals surface area contributed by atoms with Gasteiger partial charge in [-0.1, -0.05) is 0 Å². The molecule has 2 aromatic heterocycles. The number of methoxy groups -OCH3 is 1. The van der Waals surface area contributed by atoms with Gasteiger partial charge in [-0.3, -0.25) is 4.79 Å². The molecule has 2 aromatic rings. The second-order valence-electron chi connectivity index (χ2n) is 3.77. The zero-order valence-electron chi connectivity index (χ0n) is 10.1. The predicted octanol–water partition coefficient (Wildman–Crippen LogP) is 0.766. The molecule has 18 heavy (non-hydrogen) atoms. The van der Waals surface area contributed by atoms with Crippen LogP contribution in [0.1, 0.15) is 5.69 Å². The number of nitrogens with zero attached hydrogens (tertiary/aromatic N) is 1. The van der Waals surface area contributed by atoms with E-state index < -0.39 is 0 Å². The van der Waals surface area contributed by atoms with Crippen LogP contribution in [0.4, 0.5) is 0 Å². The van der Waals surface area contributed by atoms with Crippen molar-refractivity contribution in [3.63, 3.8) is 0 Å². The Labute approximate surface area is 104 Å². The Hall–Kier alpha value is -1.92. The van der Waals surface area contributed by atoms with E-state index in [2.05, 4.69) is 15.3 Å². The van der Waals surface area contributed by atoms with Crippen molar-refractivity contribution in [2.75, 3.05) is 20.3 Å². The van der Waals surface area contributed by atoms with Crippen molar-refractivity contribution in [3.05, 3.63) is 40.7 Å². The summed E-state index contributed by atoms with van der Waals surface area (Å²) in [6, 6.07) is 3.23. The molecule has 96 valence electrons. The van der Waals surface area contributed by atoms with Crippen molar-refractivity contribution in [1.82, 2.24) is 15.3 Å². The Kier molecular flexibility index (Phi) is 4.27. The fourth-order valence-electron chi connectivity index (χ4n) is 1.53. The molecule has 0 atom stereocenters. The summed E-state index contributed by atoms with van der Waals surface area (Å²) in [7, 11) is 1.64. The Bertz CT molecular complexity index is 534. The van der Waals surface area contributed by atoms with Gasteiger partial charge in [0.2, 0.25) is 0 Å². The maximum atomic E-state index is 11.5. The topological polar surface area (TPSA) is 80.1 Å². The molecule has 0 saturated heterocycles. The van der Waals surface area contributed by atoms with Crippen LogP contribution in [-0.2, 0) is 11.3 Å². The van der Waals surface area contributed by atoms with E-state index in [0.29, 0.717) is 31.2 Å². The van der Waals surface area contributed by atoms with E-state index in [1.807, 2.05) is 0 Å². The lowest BCUT2D eigenvalue weighted by molar-refractivity contribution is 0.199. The first-order chi connectivity index (χ1) is 8.79. The highest BCUT2D eigenvalue weighted by molar-refractivity contribution is 5.52. The first-order valence-corrected chi connectivity index (χ1v) is 5.62. The van der Waals surface area contributed by atoms with E-state index in [0.717, 1.165) is 5.56 Å². The van der Waals surface area contributed by atoms with E-state index in [9.17, 15) is 4.79 Å². The van der Waals surface area contributed by atoms with Gasteiger partial charge in [-0.15, -0.1) is 0 Å². The fourth-order valence-corrected chi connectivity index (χ4v) is 1.53. The van der Waals surface area contributed by atoms with Crippen molar-refractivity contribution in [2.45, 2.75) is 6.54 Å². The molecule has 0 unspecified atom stereocenters. The number of H-pyrrole nitrogens is 1. The van der Waals surface area contributed by atoms with Crippen LogP contribution in [0.25, 0.3) is 11.4 Å². The second kappa shape index (κ2) is 6.13. The summed E-state index contributed by atoms with van der Waals surface area (Å²) >= 11 is 0. The smallest absolute Gasteiger partial charge is 0.251 e. The number of aromatic nitrogens is 2. The van der Waals surface area contributed by atoms with E-state index in [-0.39, 0.29) is 5.56 Å². The van der Waals surface area contributed by atoms with Gasteiger partial charge in [-0.2, -0.15) is 0 Å². The number of nitrogens with one attached hydrogen (secondary N) is 2. The monoisotopic (exact) mass is 249 g/mol. The van der Waals surface area contributed by atoms with E-state index in [4.69, 9.17) is 9.15 Å². The number of hydrogen-bond donors (Lipinski definition) is 2. The molecule has 2 rings (SSSR count). The molecule has 0 aliphatic heterocycles. The molecule has 0 bridgehead atoms. The molecular formula is C12H15N3O3. The molecule has 0 amide bonds. The highest BCUT2D eigenvalue weighted by atomic mass is 16.5. The molecule has 2 N–H and O–H groups in total. The minimum absolute atomic E-state index is 0.176. The molecule has 0 fully saturated rings. The first kappa shape index (κ1) is 12.5. The number of ether oxygens (including phenoxy) is 1. The van der Waals surface area contributed by atoms with Gasteiger partial charge in [-0.05, 0) is 6.07 Å². The zero-order chi connectivity index (χ0) is 12.8. The standard InChI is InChI=1S/C12H15N3O3/c1-17-5-3-13-7-10-6-11(16)15-12(14-10)9-2-4-18-8-9/h2,4,6,8,13H,3,5,7H2,1H3,(H,14,15,16). The van der Waals surface area contributed by atoms with Crippen molar-refractivity contribution in [1.29, 1.82) is 0 Å². The molecule has 0 aliphatic carbocycles. The Balaban J connectivity index is 2.10. The number of aromatic amines is 1. The van der Waals surface area contributed by atoms with Crippen molar-refractivity contribution >= 4 is 0 Å². The summed E-state index contributed by atoms with van der Waals surface area (Å²) in [5.41, 5.74) is 1.27. The number of hydrogen-bond acceptors (Lipinski definition) is 5. The van der Waals surface area contributed by atoms with Gasteiger partial charge in [0, 0.05) is 26.3 Å². The normalized spacial score (nSPS) is 10.7. The van der Waals surface area contributed by atoms with Crippen LogP contribution in [0.15, 0.2) is 33.9 Å². The molecule has 0 radical (unpaired) electrons. The number of furan rings is 1. The zero-order valence-corrected chi connectivity index (χ0v) is 10.1. The Morgan fingerprint density at radius 2 is 2.44 bits per heavy atom. The summed E-state index contributed by atoms with van der Waals surface area (Å²) in [6.45, 7) is 1.86. The summed E-state index contributed by atoms with van der Waals surface area (Å²) in [4.78, 5) is 18.5. The van der Waals surface area contributed by atoms with E-state index >= 15 is 0 Å². The molecule has 0 saturated carbocycles. The predicted molar refractivity (Wildman–Crippen MR) is 66.1 cm³/mol. The third-order valence-electron chi connectivity index (χ3n) is 2.38. The minimum atomic E-state index is -0.176. The van der Waals surface area contributed by atoms with Gasteiger partial charge >= 0.3 is 0 Å². The lowest BCUT2D eigenvalue weighted by Gasteiger charge is -2.04. The highest BCUT2D eigenvalue weighted by Crippen LogP contribution is 2.13. The average Bonchev–Trinajstić information content (AvgIpc) is 2.88. The molecular weight excluding hydrogens is 234 g/mol. The van der Waals surface area contributed by atoms with Crippen LogP contribution >= 0.6 is 0 Å². The van der Waals surface area contributed by atoms with Gasteiger partial charge < -0.3 is 19.5 Å². The second-order valence-corrected chi connectivity index (χ2v) is 3.77. The van der Waals surface area contributed by atoms with Crippen molar-refractivity contribution in [2.24, 2.45) is 0 Å². The Morgan fingerprint density at radius 3 is 3.17 bits per heavy atom. The van der Waals surface area contributed by atoms with E-state index in [1.165, 1.54) is 6.07 Å². The van der Waals surface area contributed by atoms with Crippen LogP contribution in [0, 0.1) is 0 Å². The minimum Gasteiger partial charge on any atom is -0.472 e. The Morgan fingerprint density at radius 1 is 1.56 bits per heavy atom. The lowest BCUT2D eigenvalue weighted by atomic mass is 10.3. The molecule has 6 nitrogen and oxygen atoms in total. The molecule has 6 heteroatoms.